The van der Waals surface area contributed by atoms with Gasteiger partial charge in [-0.2, -0.15) is 14.3 Å². The van der Waals surface area contributed by atoms with Gasteiger partial charge < -0.3 is 33.1 Å². The van der Waals surface area contributed by atoms with Crippen molar-refractivity contribution in [2.75, 3.05) is 12.3 Å². The zero-order valence-electron chi connectivity index (χ0n) is 8.91. The lowest BCUT2D eigenvalue weighted by Gasteiger charge is -2.09. The Morgan fingerprint density at radius 3 is 2.88 bits per heavy atom. The van der Waals surface area contributed by atoms with Crippen molar-refractivity contribution in [1.29, 1.82) is 0 Å². The predicted octanol–water partition coefficient (Wildman–Crippen LogP) is -5.11. The lowest BCUT2D eigenvalue weighted by atomic mass is 10.2. The molecular weight excluding hydrogens is 250 g/mol. The fraction of sp³-hybridized carbons (Fsp3) is 0.556. The van der Waals surface area contributed by atoms with E-state index in [9.17, 15) is 9.90 Å². The Labute approximate surface area is 103 Å². The van der Waals surface area contributed by atoms with Crippen LogP contribution in [-0.4, -0.2) is 34.0 Å². The van der Waals surface area contributed by atoms with Gasteiger partial charge in [-0.1, -0.05) is 0 Å². The summed E-state index contributed by atoms with van der Waals surface area (Å²) in [5, 5.41) is 18.4. The Bertz CT molecular complexity index is 438. The number of aromatic nitrogens is 2. The third-order valence-electron chi connectivity index (χ3n) is 2.59. The molecule has 2 rings (SSSR count). The van der Waals surface area contributed by atoms with Crippen molar-refractivity contribution in [3.63, 3.8) is 0 Å². The van der Waals surface area contributed by atoms with Gasteiger partial charge in [0.1, 0.15) is 12.3 Å². The van der Waals surface area contributed by atoms with E-state index in [4.69, 9.17) is 15.6 Å². The minimum atomic E-state index is -0.764. The molecular formula is C9H14ClN3O4. The van der Waals surface area contributed by atoms with Crippen LogP contribution in [0.25, 0.3) is 0 Å². The van der Waals surface area contributed by atoms with Gasteiger partial charge in [-0.05, 0) is 0 Å². The van der Waals surface area contributed by atoms with E-state index in [1.807, 2.05) is 0 Å². The molecule has 3 atom stereocenters. The fourth-order valence-electron chi connectivity index (χ4n) is 1.73. The van der Waals surface area contributed by atoms with E-state index in [1.54, 1.807) is 0 Å². The smallest absolute Gasteiger partial charge is 0.499 e. The maximum Gasteiger partial charge on any atom is 0.499 e. The van der Waals surface area contributed by atoms with Crippen molar-refractivity contribution in [3.05, 3.63) is 22.7 Å². The summed E-state index contributed by atoms with van der Waals surface area (Å²) in [6, 6.07) is 1.53. The number of anilines is 1. The molecule has 96 valence electrons. The molecule has 1 aromatic heterocycles. The molecule has 0 bridgehead atoms. The third kappa shape index (κ3) is 2.75. The quantitative estimate of drug-likeness (QED) is 0.399. The number of nitrogens with two attached hydrogens (primary N) is 1. The monoisotopic (exact) mass is 263 g/mol. The predicted molar refractivity (Wildman–Crippen MR) is 53.3 cm³/mol. The molecule has 1 aliphatic heterocycles. The number of nitrogen functional groups attached to an aromatic ring is 1. The summed E-state index contributed by atoms with van der Waals surface area (Å²) in [5.74, 6) is 0.263. The molecule has 1 unspecified atom stereocenters. The van der Waals surface area contributed by atoms with Crippen LogP contribution in [0.4, 0.5) is 5.82 Å². The number of aliphatic hydroxyl groups excluding tert-OH is 2. The van der Waals surface area contributed by atoms with Gasteiger partial charge in [0.25, 0.3) is 0 Å². The Morgan fingerprint density at radius 2 is 2.35 bits per heavy atom. The first-order valence-corrected chi connectivity index (χ1v) is 4.96. The average molecular weight is 264 g/mol. The summed E-state index contributed by atoms with van der Waals surface area (Å²) in [4.78, 5) is 14.0. The number of ether oxygens (including phenoxy) is 1. The molecule has 2 heterocycles. The number of nitrogens with zero attached hydrogens (tertiary/aromatic N) is 1. The second-order valence-electron chi connectivity index (χ2n) is 3.72. The maximum absolute atomic E-state index is 11.5. The van der Waals surface area contributed by atoms with E-state index in [1.165, 1.54) is 16.8 Å². The first-order valence-electron chi connectivity index (χ1n) is 4.96. The fourth-order valence-corrected chi connectivity index (χ4v) is 1.73. The summed E-state index contributed by atoms with van der Waals surface area (Å²) in [6.45, 7) is -0.273. The molecule has 1 fully saturated rings. The van der Waals surface area contributed by atoms with Gasteiger partial charge in [-0.25, -0.2) is 0 Å². The van der Waals surface area contributed by atoms with Gasteiger partial charge >= 0.3 is 5.69 Å². The second-order valence-corrected chi connectivity index (χ2v) is 3.72. The molecule has 0 aromatic carbocycles. The number of rotatable bonds is 2. The Balaban J connectivity index is 0.00000144. The van der Waals surface area contributed by atoms with Crippen LogP contribution in [0.15, 0.2) is 17.1 Å². The minimum absolute atomic E-state index is 0. The average Bonchev–Trinajstić information content (AvgIpc) is 2.59. The number of halogens is 1. The first-order chi connectivity index (χ1) is 7.61. The summed E-state index contributed by atoms with van der Waals surface area (Å²) in [6.07, 6.45) is -0.223. The molecule has 8 heteroatoms. The minimum Gasteiger partial charge on any atom is -1.00 e. The Morgan fingerprint density at radius 1 is 1.65 bits per heavy atom. The normalized spacial score (nSPS) is 27.8. The highest BCUT2D eigenvalue weighted by Gasteiger charge is 2.37. The van der Waals surface area contributed by atoms with Crippen molar-refractivity contribution in [2.45, 2.75) is 24.9 Å². The van der Waals surface area contributed by atoms with Gasteiger partial charge in [0.15, 0.2) is 5.82 Å². The van der Waals surface area contributed by atoms with Crippen molar-refractivity contribution >= 4 is 5.82 Å². The number of hydrogen-bond acceptors (Lipinski definition) is 5. The SMILES string of the molecule is Nc1cc[n+](C2C[C@H](O)[C@@H](CO)O2)c(=O)[nH]1.[Cl-]. The second kappa shape index (κ2) is 5.46. The summed E-state index contributed by atoms with van der Waals surface area (Å²) in [7, 11) is 0. The van der Waals surface area contributed by atoms with Gasteiger partial charge in [0, 0.05) is 12.5 Å². The zero-order chi connectivity index (χ0) is 11.7. The highest BCUT2D eigenvalue weighted by molar-refractivity contribution is 5.21. The van der Waals surface area contributed by atoms with Crippen molar-refractivity contribution < 1.29 is 31.9 Å². The highest BCUT2D eigenvalue weighted by Crippen LogP contribution is 2.23. The van der Waals surface area contributed by atoms with E-state index in [0.717, 1.165) is 0 Å². The highest BCUT2D eigenvalue weighted by atomic mass is 35.5. The molecule has 1 saturated heterocycles. The van der Waals surface area contributed by atoms with Crippen LogP contribution in [0.2, 0.25) is 0 Å². The topological polar surface area (TPSA) is 112 Å². The number of nitrogens with one attached hydrogen (secondary N) is 1. The van der Waals surface area contributed by atoms with Crippen molar-refractivity contribution in [3.8, 4) is 0 Å². The van der Waals surface area contributed by atoms with Gasteiger partial charge in [0.2, 0.25) is 6.23 Å². The van der Waals surface area contributed by atoms with E-state index in [2.05, 4.69) is 4.98 Å². The van der Waals surface area contributed by atoms with E-state index < -0.39 is 24.1 Å². The lowest BCUT2D eigenvalue weighted by Crippen LogP contribution is -3.00. The first kappa shape index (κ1) is 13.9. The number of aromatic amines is 1. The van der Waals surface area contributed by atoms with E-state index >= 15 is 0 Å². The summed E-state index contributed by atoms with van der Waals surface area (Å²) < 4.78 is 6.63. The molecule has 17 heavy (non-hydrogen) atoms. The van der Waals surface area contributed by atoms with Crippen LogP contribution in [0.3, 0.4) is 0 Å². The standard InChI is InChI=1S/C9H13N3O4.ClH/c10-7-1-2-12(9(15)11-7)8-3-5(14)6(4-13)16-8;/h1-2,5-6,8,13-14H,3-4H2,(H2,10,11,15);1H/t5-,6+,8?;/m0./s1. The third-order valence-corrected chi connectivity index (χ3v) is 2.59. The molecule has 0 radical (unpaired) electrons. The van der Waals surface area contributed by atoms with Crippen molar-refractivity contribution in [2.24, 2.45) is 0 Å². The Kier molecular flexibility index (Phi) is 4.47. The molecule has 1 aromatic rings. The summed E-state index contributed by atoms with van der Waals surface area (Å²) in [5.41, 5.74) is 5.00. The van der Waals surface area contributed by atoms with Gasteiger partial charge in [0.05, 0.1) is 12.7 Å². The van der Waals surface area contributed by atoms with Crippen LogP contribution >= 0.6 is 0 Å². The summed E-state index contributed by atoms with van der Waals surface area (Å²) >= 11 is 0. The molecule has 7 nitrogen and oxygen atoms in total. The molecule has 0 aliphatic carbocycles. The maximum atomic E-state index is 11.5. The van der Waals surface area contributed by atoms with Crippen LogP contribution < -0.4 is 28.4 Å². The zero-order valence-corrected chi connectivity index (χ0v) is 9.67. The van der Waals surface area contributed by atoms with Crippen LogP contribution in [-0.2, 0) is 4.74 Å². The largest absolute Gasteiger partial charge is 1.00 e. The van der Waals surface area contributed by atoms with Crippen LogP contribution in [0.1, 0.15) is 12.6 Å². The number of H-pyrrole nitrogens is 1. The van der Waals surface area contributed by atoms with Crippen LogP contribution in [0, 0.1) is 0 Å². The molecule has 1 aliphatic rings. The van der Waals surface area contributed by atoms with Gasteiger partial charge in [-0.15, -0.1) is 0 Å². The molecule has 0 spiro atoms. The van der Waals surface area contributed by atoms with E-state index in [-0.39, 0.29) is 31.3 Å². The van der Waals surface area contributed by atoms with Crippen LogP contribution in [0.5, 0.6) is 0 Å². The lowest BCUT2D eigenvalue weighted by molar-refractivity contribution is -0.773. The number of hydrogen-bond donors (Lipinski definition) is 4. The number of aliphatic hydroxyl groups is 2. The van der Waals surface area contributed by atoms with E-state index in [0.29, 0.717) is 0 Å². The molecule has 5 N–H and O–H groups in total. The molecule has 0 amide bonds. The molecule has 0 saturated carbocycles. The van der Waals surface area contributed by atoms with Crippen molar-refractivity contribution in [1.82, 2.24) is 4.98 Å². The Hall–Kier alpha value is -1.15. The van der Waals surface area contributed by atoms with Gasteiger partial charge in [-0.3, -0.25) is 0 Å².